The van der Waals surface area contributed by atoms with Crippen LogP contribution in [0.1, 0.15) is 23.6 Å². The molecular weight excluding hydrogens is 210 g/mol. The summed E-state index contributed by atoms with van der Waals surface area (Å²) in [6, 6.07) is 6.39. The van der Waals surface area contributed by atoms with Crippen molar-refractivity contribution in [3.05, 3.63) is 53.6 Å². The van der Waals surface area contributed by atoms with Crippen LogP contribution in [0.25, 0.3) is 0 Å². The number of rotatable bonds is 4. The third kappa shape index (κ3) is 2.81. The normalized spacial score (nSPS) is 10.2. The zero-order chi connectivity index (χ0) is 12.1. The lowest BCUT2D eigenvalue weighted by Crippen LogP contribution is -2.04. The highest BCUT2D eigenvalue weighted by atomic mass is 14.9. The number of nitrogens with one attached hydrogen (secondary N) is 1. The van der Waals surface area contributed by atoms with Gasteiger partial charge in [-0.1, -0.05) is 25.1 Å². The highest BCUT2D eigenvalue weighted by molar-refractivity contribution is 5.57. The molecule has 1 aromatic heterocycles. The Kier molecular flexibility index (Phi) is 3.70. The first-order chi connectivity index (χ1) is 8.31. The number of anilines is 1. The van der Waals surface area contributed by atoms with Gasteiger partial charge in [0.2, 0.25) is 0 Å². The second kappa shape index (κ2) is 5.43. The van der Waals surface area contributed by atoms with Gasteiger partial charge in [0, 0.05) is 30.2 Å². The summed E-state index contributed by atoms with van der Waals surface area (Å²) in [4.78, 5) is 8.02. The average molecular weight is 227 g/mol. The number of para-hydroxylation sites is 1. The summed E-state index contributed by atoms with van der Waals surface area (Å²) in [5, 5.41) is 3.47. The summed E-state index contributed by atoms with van der Waals surface area (Å²) in [6.45, 7) is 5.06. The molecule has 0 bridgehead atoms. The van der Waals surface area contributed by atoms with Crippen molar-refractivity contribution in [3.63, 3.8) is 0 Å². The van der Waals surface area contributed by atoms with Gasteiger partial charge in [0.1, 0.15) is 6.33 Å². The lowest BCUT2D eigenvalue weighted by molar-refractivity contribution is 1.03. The lowest BCUT2D eigenvalue weighted by Gasteiger charge is -2.13. The Labute approximate surface area is 102 Å². The summed E-state index contributed by atoms with van der Waals surface area (Å²) in [6.07, 6.45) is 6.26. The largest absolute Gasteiger partial charge is 0.380 e. The van der Waals surface area contributed by atoms with Gasteiger partial charge in [-0.3, -0.25) is 0 Å². The van der Waals surface area contributed by atoms with Gasteiger partial charge in [-0.15, -0.1) is 0 Å². The summed E-state index contributed by atoms with van der Waals surface area (Å²) >= 11 is 0. The molecule has 1 aromatic carbocycles. The molecule has 2 aromatic rings. The highest BCUT2D eigenvalue weighted by Crippen LogP contribution is 2.21. The zero-order valence-electron chi connectivity index (χ0n) is 10.3. The van der Waals surface area contributed by atoms with Gasteiger partial charge in [0.25, 0.3) is 0 Å². The van der Waals surface area contributed by atoms with Crippen molar-refractivity contribution in [2.24, 2.45) is 0 Å². The fourth-order valence-electron chi connectivity index (χ4n) is 1.89. The number of hydrogen-bond acceptors (Lipinski definition) is 3. The Hall–Kier alpha value is -1.90. The third-order valence-corrected chi connectivity index (χ3v) is 2.82. The molecule has 0 atom stereocenters. The van der Waals surface area contributed by atoms with E-state index in [0.29, 0.717) is 0 Å². The molecule has 88 valence electrons. The molecule has 0 fully saturated rings. The van der Waals surface area contributed by atoms with Crippen LogP contribution in [-0.2, 0) is 13.0 Å². The molecular formula is C14H17N3. The molecule has 0 aliphatic rings. The fraction of sp³-hybridized carbons (Fsp3) is 0.286. The molecule has 0 aliphatic carbocycles. The van der Waals surface area contributed by atoms with E-state index < -0.39 is 0 Å². The number of aromatic nitrogens is 2. The van der Waals surface area contributed by atoms with Crippen LogP contribution < -0.4 is 5.32 Å². The van der Waals surface area contributed by atoms with Crippen molar-refractivity contribution in [2.45, 2.75) is 26.8 Å². The predicted octanol–water partition coefficient (Wildman–Crippen LogP) is 2.96. The number of hydrogen-bond donors (Lipinski definition) is 1. The molecule has 3 heteroatoms. The Bertz CT molecular complexity index is 480. The highest BCUT2D eigenvalue weighted by Gasteiger charge is 2.03. The Morgan fingerprint density at radius 2 is 1.94 bits per heavy atom. The average Bonchev–Trinajstić information content (AvgIpc) is 2.38. The van der Waals surface area contributed by atoms with Crippen LogP contribution in [0.4, 0.5) is 5.69 Å². The molecule has 1 heterocycles. The van der Waals surface area contributed by atoms with Gasteiger partial charge >= 0.3 is 0 Å². The first-order valence-electron chi connectivity index (χ1n) is 5.87. The molecule has 1 N–H and O–H groups in total. The Balaban J connectivity index is 2.14. The second-order valence-corrected chi connectivity index (χ2v) is 4.06. The van der Waals surface area contributed by atoms with Crippen LogP contribution in [0.3, 0.4) is 0 Å². The van der Waals surface area contributed by atoms with Crippen molar-refractivity contribution in [1.82, 2.24) is 9.97 Å². The summed E-state index contributed by atoms with van der Waals surface area (Å²) in [5.74, 6) is 0. The van der Waals surface area contributed by atoms with Gasteiger partial charge in [0.05, 0.1) is 0 Å². The molecule has 17 heavy (non-hydrogen) atoms. The van der Waals surface area contributed by atoms with Crippen LogP contribution in [0.5, 0.6) is 0 Å². The maximum Gasteiger partial charge on any atom is 0.115 e. The summed E-state index contributed by atoms with van der Waals surface area (Å²) < 4.78 is 0. The van der Waals surface area contributed by atoms with E-state index in [1.165, 1.54) is 16.8 Å². The van der Waals surface area contributed by atoms with E-state index in [2.05, 4.69) is 47.3 Å². The van der Waals surface area contributed by atoms with E-state index in [1.807, 2.05) is 12.4 Å². The first kappa shape index (κ1) is 11.6. The Morgan fingerprint density at radius 3 is 2.65 bits per heavy atom. The maximum absolute atomic E-state index is 4.01. The predicted molar refractivity (Wildman–Crippen MR) is 69.9 cm³/mol. The minimum Gasteiger partial charge on any atom is -0.380 e. The van der Waals surface area contributed by atoms with Gasteiger partial charge in [-0.25, -0.2) is 9.97 Å². The van der Waals surface area contributed by atoms with Crippen LogP contribution in [-0.4, -0.2) is 9.97 Å². The molecule has 0 saturated heterocycles. The third-order valence-electron chi connectivity index (χ3n) is 2.82. The van der Waals surface area contributed by atoms with E-state index >= 15 is 0 Å². The smallest absolute Gasteiger partial charge is 0.115 e. The molecule has 2 rings (SSSR count). The van der Waals surface area contributed by atoms with Crippen molar-refractivity contribution in [3.8, 4) is 0 Å². The minimum absolute atomic E-state index is 0.763. The molecule has 0 spiro atoms. The van der Waals surface area contributed by atoms with Crippen molar-refractivity contribution < 1.29 is 0 Å². The van der Waals surface area contributed by atoms with E-state index in [1.54, 1.807) is 6.33 Å². The standard InChI is InChI=1S/C14H17N3/c1-3-13-6-4-5-11(2)14(13)17-9-12-7-15-10-16-8-12/h4-8,10,17H,3,9H2,1-2H3. The summed E-state index contributed by atoms with van der Waals surface area (Å²) in [7, 11) is 0. The fourth-order valence-corrected chi connectivity index (χ4v) is 1.89. The van der Waals surface area contributed by atoms with Gasteiger partial charge in [-0.2, -0.15) is 0 Å². The molecule has 0 unspecified atom stereocenters. The van der Waals surface area contributed by atoms with Crippen molar-refractivity contribution in [1.29, 1.82) is 0 Å². The molecule has 0 amide bonds. The lowest BCUT2D eigenvalue weighted by atomic mass is 10.1. The maximum atomic E-state index is 4.01. The minimum atomic E-state index is 0.763. The zero-order valence-corrected chi connectivity index (χ0v) is 10.3. The quantitative estimate of drug-likeness (QED) is 0.872. The topological polar surface area (TPSA) is 37.8 Å². The van der Waals surface area contributed by atoms with Gasteiger partial charge in [0.15, 0.2) is 0 Å². The SMILES string of the molecule is CCc1cccc(C)c1NCc1cncnc1. The number of aryl methyl sites for hydroxylation is 2. The molecule has 0 saturated carbocycles. The second-order valence-electron chi connectivity index (χ2n) is 4.06. The van der Waals surface area contributed by atoms with Crippen LogP contribution in [0.15, 0.2) is 36.9 Å². The van der Waals surface area contributed by atoms with Crippen molar-refractivity contribution >= 4 is 5.69 Å². The van der Waals surface area contributed by atoms with Gasteiger partial charge < -0.3 is 5.32 Å². The van der Waals surface area contributed by atoms with E-state index in [4.69, 9.17) is 0 Å². The van der Waals surface area contributed by atoms with Crippen LogP contribution in [0.2, 0.25) is 0 Å². The number of benzene rings is 1. The van der Waals surface area contributed by atoms with E-state index in [0.717, 1.165) is 18.5 Å². The molecule has 0 radical (unpaired) electrons. The van der Waals surface area contributed by atoms with E-state index in [9.17, 15) is 0 Å². The van der Waals surface area contributed by atoms with Crippen LogP contribution >= 0.6 is 0 Å². The summed E-state index contributed by atoms with van der Waals surface area (Å²) in [5.41, 5.74) is 4.96. The first-order valence-corrected chi connectivity index (χ1v) is 5.87. The van der Waals surface area contributed by atoms with E-state index in [-0.39, 0.29) is 0 Å². The van der Waals surface area contributed by atoms with Crippen molar-refractivity contribution in [2.75, 3.05) is 5.32 Å². The monoisotopic (exact) mass is 227 g/mol. The number of nitrogens with zero attached hydrogens (tertiary/aromatic N) is 2. The Morgan fingerprint density at radius 1 is 1.18 bits per heavy atom. The molecule has 3 nitrogen and oxygen atoms in total. The van der Waals surface area contributed by atoms with Crippen LogP contribution in [0, 0.1) is 6.92 Å². The molecule has 0 aliphatic heterocycles. The van der Waals surface area contributed by atoms with Gasteiger partial charge in [-0.05, 0) is 24.5 Å².